The number of sulfonamides is 1. The molecule has 0 aliphatic rings. The van der Waals surface area contributed by atoms with Crippen molar-refractivity contribution in [3.8, 4) is 0 Å². The lowest BCUT2D eigenvalue weighted by molar-refractivity contribution is 0.322. The summed E-state index contributed by atoms with van der Waals surface area (Å²) < 4.78 is 21.7. The van der Waals surface area contributed by atoms with Crippen molar-refractivity contribution in [2.75, 3.05) is 0 Å². The second-order valence-electron chi connectivity index (χ2n) is 1.95. The average molecular weight is 206 g/mol. The minimum absolute atomic E-state index is 0.000278. The van der Waals surface area contributed by atoms with Crippen LogP contribution >= 0.6 is 11.3 Å². The molecule has 0 aromatic carbocycles. The first-order chi connectivity index (χ1) is 5.55. The van der Waals surface area contributed by atoms with E-state index in [-0.39, 0.29) is 4.21 Å². The first kappa shape index (κ1) is 9.17. The van der Waals surface area contributed by atoms with Crippen LogP contribution in [0.15, 0.2) is 20.8 Å². The molecule has 1 aromatic heterocycles. The molecule has 5 nitrogen and oxygen atoms in total. The van der Waals surface area contributed by atoms with Gasteiger partial charge < -0.3 is 5.21 Å². The van der Waals surface area contributed by atoms with Gasteiger partial charge in [-0.05, 0) is 11.4 Å². The molecule has 0 spiro atoms. The van der Waals surface area contributed by atoms with Gasteiger partial charge in [-0.2, -0.15) is 0 Å². The first-order valence-electron chi connectivity index (χ1n) is 2.83. The Balaban J connectivity index is 3.26. The van der Waals surface area contributed by atoms with Gasteiger partial charge in [0, 0.05) is 5.56 Å². The lowest BCUT2D eigenvalue weighted by Gasteiger charge is -1.92. The van der Waals surface area contributed by atoms with Crippen molar-refractivity contribution in [2.45, 2.75) is 4.21 Å². The molecule has 0 saturated carbocycles. The highest BCUT2D eigenvalue weighted by Crippen LogP contribution is 2.19. The third kappa shape index (κ3) is 1.81. The Labute approximate surface area is 73.2 Å². The molecule has 1 aromatic rings. The van der Waals surface area contributed by atoms with E-state index in [1.807, 2.05) is 0 Å². The quantitative estimate of drug-likeness (QED) is 0.411. The van der Waals surface area contributed by atoms with Crippen molar-refractivity contribution in [3.63, 3.8) is 0 Å². The van der Waals surface area contributed by atoms with E-state index in [1.165, 1.54) is 6.07 Å². The zero-order valence-corrected chi connectivity index (χ0v) is 7.47. The van der Waals surface area contributed by atoms with Gasteiger partial charge in [0.05, 0.1) is 6.21 Å². The van der Waals surface area contributed by atoms with Crippen molar-refractivity contribution in [2.24, 2.45) is 10.3 Å². The number of rotatable bonds is 2. The fourth-order valence-corrected chi connectivity index (χ4v) is 2.44. The van der Waals surface area contributed by atoms with Crippen LogP contribution in [-0.4, -0.2) is 19.8 Å². The topological polar surface area (TPSA) is 92.8 Å². The van der Waals surface area contributed by atoms with Gasteiger partial charge in [-0.25, -0.2) is 13.6 Å². The van der Waals surface area contributed by atoms with Gasteiger partial charge in [0.1, 0.15) is 4.21 Å². The van der Waals surface area contributed by atoms with Crippen LogP contribution in [0.2, 0.25) is 0 Å². The Bertz CT molecular complexity index is 393. The van der Waals surface area contributed by atoms with Crippen LogP contribution < -0.4 is 5.14 Å². The van der Waals surface area contributed by atoms with Crippen LogP contribution in [0.4, 0.5) is 0 Å². The van der Waals surface area contributed by atoms with Gasteiger partial charge in [-0.15, -0.1) is 11.3 Å². The molecule has 0 aliphatic heterocycles. The molecular weight excluding hydrogens is 200 g/mol. The number of hydrogen-bond acceptors (Lipinski definition) is 5. The van der Waals surface area contributed by atoms with Gasteiger partial charge >= 0.3 is 0 Å². The van der Waals surface area contributed by atoms with E-state index in [9.17, 15) is 8.42 Å². The average Bonchev–Trinajstić information content (AvgIpc) is 2.34. The van der Waals surface area contributed by atoms with Crippen LogP contribution in [0.1, 0.15) is 5.56 Å². The van der Waals surface area contributed by atoms with Gasteiger partial charge in [0.25, 0.3) is 0 Å². The number of thiophene rings is 1. The fraction of sp³-hybridized carbons (Fsp3) is 0. The summed E-state index contributed by atoms with van der Waals surface area (Å²) in [4.78, 5) is 0. The smallest absolute Gasteiger partial charge is 0.248 e. The second-order valence-corrected chi connectivity index (χ2v) is 4.63. The zero-order valence-electron chi connectivity index (χ0n) is 5.84. The molecule has 0 fully saturated rings. The van der Waals surface area contributed by atoms with E-state index in [2.05, 4.69) is 5.16 Å². The van der Waals surface area contributed by atoms with Crippen molar-refractivity contribution < 1.29 is 13.6 Å². The van der Waals surface area contributed by atoms with Crippen molar-refractivity contribution in [3.05, 3.63) is 17.0 Å². The van der Waals surface area contributed by atoms with E-state index in [1.54, 1.807) is 5.38 Å². The largest absolute Gasteiger partial charge is 0.411 e. The number of primary sulfonamides is 1. The Kier molecular flexibility index (Phi) is 2.46. The number of oxime groups is 1. The molecule has 7 heteroatoms. The predicted octanol–water partition coefficient (Wildman–Crippen LogP) is 0.204. The van der Waals surface area contributed by atoms with Crippen LogP contribution in [0.5, 0.6) is 0 Å². The molecule has 0 unspecified atom stereocenters. The van der Waals surface area contributed by atoms with Crippen LogP contribution in [-0.2, 0) is 10.0 Å². The summed E-state index contributed by atoms with van der Waals surface area (Å²) in [5, 5.41) is 17.3. The Morgan fingerprint density at radius 2 is 2.33 bits per heavy atom. The van der Waals surface area contributed by atoms with E-state index < -0.39 is 10.0 Å². The van der Waals surface area contributed by atoms with Crippen molar-refractivity contribution in [1.82, 2.24) is 0 Å². The maximum Gasteiger partial charge on any atom is 0.248 e. The maximum atomic E-state index is 10.8. The highest BCUT2D eigenvalue weighted by atomic mass is 32.2. The summed E-state index contributed by atoms with van der Waals surface area (Å²) in [5.74, 6) is 0. The van der Waals surface area contributed by atoms with E-state index in [0.717, 1.165) is 17.6 Å². The van der Waals surface area contributed by atoms with Gasteiger partial charge in [0.2, 0.25) is 10.0 Å². The molecule has 3 N–H and O–H groups in total. The van der Waals surface area contributed by atoms with Crippen LogP contribution in [0.3, 0.4) is 0 Å². The van der Waals surface area contributed by atoms with E-state index >= 15 is 0 Å². The lowest BCUT2D eigenvalue weighted by atomic mass is 10.4. The summed E-state index contributed by atoms with van der Waals surface area (Å²) in [5.41, 5.74) is 0.296. The fourth-order valence-electron chi connectivity index (χ4n) is 0.694. The molecule has 0 bridgehead atoms. The SMILES string of the molecule is NS(=O)(=O)c1sccc1/C=N/O. The molecule has 66 valence electrons. The molecule has 0 atom stereocenters. The Morgan fingerprint density at radius 3 is 2.83 bits per heavy atom. The Morgan fingerprint density at radius 1 is 1.67 bits per heavy atom. The molecule has 0 amide bonds. The summed E-state index contributed by atoms with van der Waals surface area (Å²) in [6.45, 7) is 0. The third-order valence-electron chi connectivity index (χ3n) is 1.11. The van der Waals surface area contributed by atoms with Gasteiger partial charge in [0.15, 0.2) is 0 Å². The first-order valence-corrected chi connectivity index (χ1v) is 5.26. The minimum Gasteiger partial charge on any atom is -0.411 e. The molecule has 0 saturated heterocycles. The van der Waals surface area contributed by atoms with Crippen molar-refractivity contribution >= 4 is 27.6 Å². The number of hydrogen-bond donors (Lipinski definition) is 2. The van der Waals surface area contributed by atoms with Crippen molar-refractivity contribution in [1.29, 1.82) is 0 Å². The minimum atomic E-state index is -3.70. The van der Waals surface area contributed by atoms with Crippen LogP contribution in [0.25, 0.3) is 0 Å². The zero-order chi connectivity index (χ0) is 9.19. The third-order valence-corrected chi connectivity index (χ3v) is 3.57. The molecule has 0 aliphatic carbocycles. The summed E-state index contributed by atoms with van der Waals surface area (Å²) in [6.07, 6.45) is 1.02. The molecule has 12 heavy (non-hydrogen) atoms. The molecular formula is C5H6N2O3S2. The second kappa shape index (κ2) is 3.21. The van der Waals surface area contributed by atoms with E-state index in [0.29, 0.717) is 5.56 Å². The monoisotopic (exact) mass is 206 g/mol. The van der Waals surface area contributed by atoms with Gasteiger partial charge in [-0.1, -0.05) is 5.16 Å². The number of nitrogens with two attached hydrogens (primary N) is 1. The summed E-state index contributed by atoms with van der Waals surface area (Å²) >= 11 is 0.981. The predicted molar refractivity (Wildman–Crippen MR) is 45.1 cm³/mol. The van der Waals surface area contributed by atoms with Gasteiger partial charge in [-0.3, -0.25) is 0 Å². The standard InChI is InChI=1S/C5H6N2O3S2/c6-12(9,10)5-4(3-7-8)1-2-11-5/h1-3,8H,(H2,6,9,10)/b7-3+. The lowest BCUT2D eigenvalue weighted by Crippen LogP contribution is -2.12. The summed E-state index contributed by atoms with van der Waals surface area (Å²) in [6, 6.07) is 1.50. The molecule has 1 rings (SSSR count). The highest BCUT2D eigenvalue weighted by Gasteiger charge is 2.13. The molecule has 0 radical (unpaired) electrons. The highest BCUT2D eigenvalue weighted by molar-refractivity contribution is 7.91. The normalized spacial score (nSPS) is 12.4. The Hall–Kier alpha value is -0.920. The number of nitrogens with zero attached hydrogens (tertiary/aromatic N) is 1. The van der Waals surface area contributed by atoms with Crippen LogP contribution in [0, 0.1) is 0 Å². The maximum absolute atomic E-state index is 10.8. The summed E-state index contributed by atoms with van der Waals surface area (Å²) in [7, 11) is -3.70. The molecule has 1 heterocycles. The van der Waals surface area contributed by atoms with E-state index in [4.69, 9.17) is 10.3 Å².